The van der Waals surface area contributed by atoms with Gasteiger partial charge in [-0.15, -0.1) is 0 Å². The number of allylic oxidation sites excluding steroid dienone is 1. The molecule has 0 unspecified atom stereocenters. The molecule has 0 N–H and O–H groups in total. The van der Waals surface area contributed by atoms with Crippen molar-refractivity contribution in [2.45, 2.75) is 12.8 Å². The smallest absolute Gasteiger partial charge is 0.221 e. The molecule has 0 amide bonds. The summed E-state index contributed by atoms with van der Waals surface area (Å²) in [5, 5.41) is -0.190. The zero-order valence-electron chi connectivity index (χ0n) is 4.83. The number of halogens is 4. The molecule has 0 rings (SSSR count). The lowest BCUT2D eigenvalue weighted by Crippen LogP contribution is -1.85. The second-order valence-corrected chi connectivity index (χ2v) is 3.35. The molecule has 1 nitrogen and oxygen atoms in total. The maximum absolute atomic E-state index is 10.2. The first-order valence-electron chi connectivity index (χ1n) is 2.42. The molecule has 0 aliphatic rings. The van der Waals surface area contributed by atoms with E-state index in [9.17, 15) is 4.79 Å². The maximum atomic E-state index is 10.2. The van der Waals surface area contributed by atoms with E-state index < -0.39 is 5.24 Å². The highest BCUT2D eigenvalue weighted by Crippen LogP contribution is 2.22. The van der Waals surface area contributed by atoms with Gasteiger partial charge in [0.25, 0.3) is 0 Å². The Balaban J connectivity index is 3.71. The predicted octanol–water partition coefficient (Wildman–Crippen LogP) is 3.42. The van der Waals surface area contributed by atoms with Crippen molar-refractivity contribution >= 4 is 51.6 Å². The maximum Gasteiger partial charge on any atom is 0.221 e. The lowest BCUT2D eigenvalue weighted by Gasteiger charge is -1.93. The van der Waals surface area contributed by atoms with Gasteiger partial charge in [-0.1, -0.05) is 34.8 Å². The summed E-state index contributed by atoms with van der Waals surface area (Å²) in [5.74, 6) is 0. The predicted molar refractivity (Wildman–Crippen MR) is 44.7 cm³/mol. The second-order valence-electron chi connectivity index (χ2n) is 1.52. The zero-order chi connectivity index (χ0) is 8.15. The Kier molecular flexibility index (Phi) is 5.55. The number of hydrogen-bond acceptors (Lipinski definition) is 1. The topological polar surface area (TPSA) is 17.1 Å². The van der Waals surface area contributed by atoms with Gasteiger partial charge in [-0.3, -0.25) is 4.79 Å². The van der Waals surface area contributed by atoms with Crippen LogP contribution in [0.1, 0.15) is 12.8 Å². The molecular weight excluding hydrogens is 218 g/mol. The van der Waals surface area contributed by atoms with E-state index in [0.29, 0.717) is 6.42 Å². The number of hydrogen-bond donors (Lipinski definition) is 0. The third kappa shape index (κ3) is 5.36. The van der Waals surface area contributed by atoms with Crippen LogP contribution in [0.25, 0.3) is 0 Å². The minimum absolute atomic E-state index is 0.0143. The summed E-state index contributed by atoms with van der Waals surface area (Å²) >= 11 is 21.0. The first kappa shape index (κ1) is 10.6. The summed E-state index contributed by atoms with van der Waals surface area (Å²) in [4.78, 5) is 10.2. The van der Waals surface area contributed by atoms with Gasteiger partial charge in [-0.2, -0.15) is 0 Å². The van der Waals surface area contributed by atoms with E-state index in [1.807, 2.05) is 0 Å². The quantitative estimate of drug-likeness (QED) is 0.668. The molecule has 0 aromatic heterocycles. The molecule has 0 saturated heterocycles. The van der Waals surface area contributed by atoms with Crippen molar-refractivity contribution in [2.75, 3.05) is 0 Å². The second kappa shape index (κ2) is 5.25. The summed E-state index contributed by atoms with van der Waals surface area (Å²) in [7, 11) is 0. The van der Waals surface area contributed by atoms with E-state index in [2.05, 4.69) is 0 Å². The molecule has 0 saturated carbocycles. The molecule has 0 aliphatic heterocycles. The van der Waals surface area contributed by atoms with Crippen LogP contribution in [0.5, 0.6) is 0 Å². The van der Waals surface area contributed by atoms with Crippen molar-refractivity contribution in [3.8, 4) is 0 Å². The Morgan fingerprint density at radius 1 is 1.00 bits per heavy atom. The molecule has 10 heavy (non-hydrogen) atoms. The van der Waals surface area contributed by atoms with Gasteiger partial charge in [-0.05, 0) is 18.0 Å². The normalized spacial score (nSPS) is 9.20. The van der Waals surface area contributed by atoms with Crippen molar-refractivity contribution in [3.63, 3.8) is 0 Å². The Morgan fingerprint density at radius 2 is 1.50 bits per heavy atom. The van der Waals surface area contributed by atoms with Crippen LogP contribution in [0.3, 0.4) is 0 Å². The fourth-order valence-corrected chi connectivity index (χ4v) is 0.680. The highest BCUT2D eigenvalue weighted by atomic mass is 35.5. The molecule has 0 radical (unpaired) electrons. The Labute approximate surface area is 78.9 Å². The fraction of sp³-hybridized carbons (Fsp3) is 0.400. The molecule has 0 bridgehead atoms. The number of carbonyl (C=O) groups excluding carboxylic acids is 1. The van der Waals surface area contributed by atoms with Gasteiger partial charge < -0.3 is 0 Å². The SMILES string of the molecule is O=C(Cl)CCC(Cl)=C(Cl)Cl. The Hall–Kier alpha value is 0.570. The van der Waals surface area contributed by atoms with E-state index in [1.165, 1.54) is 0 Å². The monoisotopic (exact) mass is 220 g/mol. The molecule has 0 spiro atoms. The van der Waals surface area contributed by atoms with Crippen LogP contribution in [-0.4, -0.2) is 5.24 Å². The summed E-state index contributed by atoms with van der Waals surface area (Å²) in [6.45, 7) is 0. The van der Waals surface area contributed by atoms with Crippen LogP contribution in [0.15, 0.2) is 9.52 Å². The molecule has 0 aromatic rings. The van der Waals surface area contributed by atoms with Gasteiger partial charge in [0.1, 0.15) is 4.49 Å². The summed E-state index contributed by atoms with van der Waals surface area (Å²) in [5.41, 5.74) is 0. The standard InChI is InChI=1S/C5H4Cl4O/c6-3(5(8)9)1-2-4(7)10/h1-2H2. The Bertz CT molecular complexity index is 159. The molecule has 0 aliphatic carbocycles. The van der Waals surface area contributed by atoms with E-state index in [0.717, 1.165) is 0 Å². The highest BCUT2D eigenvalue weighted by Gasteiger charge is 2.01. The molecule has 0 aromatic carbocycles. The van der Waals surface area contributed by atoms with Crippen LogP contribution >= 0.6 is 46.4 Å². The van der Waals surface area contributed by atoms with Crippen LogP contribution in [-0.2, 0) is 4.79 Å². The minimum atomic E-state index is -0.451. The van der Waals surface area contributed by atoms with Crippen LogP contribution in [0.2, 0.25) is 0 Å². The van der Waals surface area contributed by atoms with Gasteiger partial charge in [-0.25, -0.2) is 0 Å². The van der Waals surface area contributed by atoms with Crippen LogP contribution in [0.4, 0.5) is 0 Å². The van der Waals surface area contributed by atoms with E-state index >= 15 is 0 Å². The van der Waals surface area contributed by atoms with Gasteiger partial charge in [0.15, 0.2) is 0 Å². The number of carbonyl (C=O) groups is 1. The van der Waals surface area contributed by atoms with Crippen molar-refractivity contribution in [1.82, 2.24) is 0 Å². The third-order valence-corrected chi connectivity index (χ3v) is 1.96. The minimum Gasteiger partial charge on any atom is -0.281 e. The van der Waals surface area contributed by atoms with Gasteiger partial charge >= 0.3 is 0 Å². The van der Waals surface area contributed by atoms with Crippen molar-refractivity contribution in [1.29, 1.82) is 0 Å². The van der Waals surface area contributed by atoms with Crippen LogP contribution in [0, 0.1) is 0 Å². The largest absolute Gasteiger partial charge is 0.281 e. The van der Waals surface area contributed by atoms with Crippen molar-refractivity contribution in [3.05, 3.63) is 9.52 Å². The van der Waals surface area contributed by atoms with E-state index in [1.54, 1.807) is 0 Å². The van der Waals surface area contributed by atoms with E-state index in [-0.39, 0.29) is 15.9 Å². The van der Waals surface area contributed by atoms with Crippen molar-refractivity contribution < 1.29 is 4.79 Å². The van der Waals surface area contributed by atoms with Gasteiger partial charge in [0.2, 0.25) is 5.24 Å². The number of rotatable bonds is 3. The zero-order valence-corrected chi connectivity index (χ0v) is 7.86. The highest BCUT2D eigenvalue weighted by molar-refractivity contribution is 6.63. The molecule has 58 valence electrons. The molecular formula is C5H4Cl4O. The van der Waals surface area contributed by atoms with E-state index in [4.69, 9.17) is 46.4 Å². The lowest BCUT2D eigenvalue weighted by molar-refractivity contribution is -0.111. The Morgan fingerprint density at radius 3 is 1.80 bits per heavy atom. The first-order chi connectivity index (χ1) is 4.54. The lowest BCUT2D eigenvalue weighted by atomic mass is 10.3. The van der Waals surface area contributed by atoms with Crippen LogP contribution < -0.4 is 0 Å². The fourth-order valence-electron chi connectivity index (χ4n) is 0.303. The average Bonchev–Trinajstić information content (AvgIpc) is 1.82. The summed E-state index contributed by atoms with van der Waals surface area (Å²) < 4.78 is -0.0143. The van der Waals surface area contributed by atoms with Crippen molar-refractivity contribution in [2.24, 2.45) is 0 Å². The average molecular weight is 222 g/mol. The van der Waals surface area contributed by atoms with Gasteiger partial charge in [0, 0.05) is 11.5 Å². The summed E-state index contributed by atoms with van der Waals surface area (Å²) in [6, 6.07) is 0. The first-order valence-corrected chi connectivity index (χ1v) is 3.93. The molecule has 0 heterocycles. The third-order valence-electron chi connectivity index (χ3n) is 0.746. The molecule has 0 atom stereocenters. The summed E-state index contributed by atoms with van der Waals surface area (Å²) in [6.07, 6.45) is 0.454. The molecule has 0 fully saturated rings. The van der Waals surface area contributed by atoms with Gasteiger partial charge in [0.05, 0.1) is 0 Å². The molecule has 5 heteroatoms.